The number of halogens is 1. The largest absolute Gasteiger partial charge is 0.481 e. The van der Waals surface area contributed by atoms with Crippen LogP contribution in [0.25, 0.3) is 0 Å². The molecule has 0 bridgehead atoms. The van der Waals surface area contributed by atoms with E-state index in [0.29, 0.717) is 19.6 Å². The van der Waals surface area contributed by atoms with E-state index < -0.39 is 5.97 Å². The molecule has 0 aliphatic carbocycles. The SMILES string of the molecule is O=C(O)CCN1CCN(C(=O)c2csc(Br)c2)CC1. The summed E-state index contributed by atoms with van der Waals surface area (Å²) in [5.74, 6) is -0.721. The number of hydrogen-bond donors (Lipinski definition) is 1. The van der Waals surface area contributed by atoms with E-state index >= 15 is 0 Å². The maximum Gasteiger partial charge on any atom is 0.304 e. The van der Waals surface area contributed by atoms with Gasteiger partial charge in [-0.3, -0.25) is 14.5 Å². The second-order valence-electron chi connectivity index (χ2n) is 4.42. The number of piperazine rings is 1. The molecule has 1 fully saturated rings. The van der Waals surface area contributed by atoms with Gasteiger partial charge in [-0.05, 0) is 22.0 Å². The van der Waals surface area contributed by atoms with Gasteiger partial charge in [0.2, 0.25) is 0 Å². The fourth-order valence-corrected chi connectivity index (χ4v) is 3.16. The fraction of sp³-hybridized carbons (Fsp3) is 0.500. The molecule has 0 aromatic carbocycles. The molecule has 1 saturated heterocycles. The average molecular weight is 347 g/mol. The third-order valence-electron chi connectivity index (χ3n) is 3.12. The summed E-state index contributed by atoms with van der Waals surface area (Å²) in [6.07, 6.45) is 0.158. The number of carboxylic acid groups (broad SMARTS) is 1. The first-order valence-electron chi connectivity index (χ1n) is 6.03. The first kappa shape index (κ1) is 14.5. The van der Waals surface area contributed by atoms with Gasteiger partial charge in [-0.1, -0.05) is 0 Å². The number of thiophene rings is 1. The molecule has 2 rings (SSSR count). The summed E-state index contributed by atoms with van der Waals surface area (Å²) in [6.45, 7) is 3.36. The van der Waals surface area contributed by atoms with Crippen LogP contribution >= 0.6 is 27.3 Å². The third-order valence-corrected chi connectivity index (χ3v) is 4.62. The second kappa shape index (κ2) is 6.49. The van der Waals surface area contributed by atoms with Crippen molar-refractivity contribution in [3.8, 4) is 0 Å². The van der Waals surface area contributed by atoms with Crippen molar-refractivity contribution in [2.75, 3.05) is 32.7 Å². The number of carbonyl (C=O) groups excluding carboxylic acids is 1. The Morgan fingerprint density at radius 1 is 1.32 bits per heavy atom. The molecular formula is C12H15BrN2O3S. The summed E-state index contributed by atoms with van der Waals surface area (Å²) in [6, 6.07) is 1.84. The molecule has 1 aliphatic rings. The van der Waals surface area contributed by atoms with Gasteiger partial charge in [0.15, 0.2) is 0 Å². The van der Waals surface area contributed by atoms with E-state index in [0.717, 1.165) is 22.4 Å². The van der Waals surface area contributed by atoms with Gasteiger partial charge in [0.25, 0.3) is 5.91 Å². The summed E-state index contributed by atoms with van der Waals surface area (Å²) >= 11 is 4.85. The molecule has 0 spiro atoms. The summed E-state index contributed by atoms with van der Waals surface area (Å²) in [5.41, 5.74) is 0.718. The van der Waals surface area contributed by atoms with Gasteiger partial charge in [-0.2, -0.15) is 0 Å². The van der Waals surface area contributed by atoms with Gasteiger partial charge in [-0.25, -0.2) is 0 Å². The van der Waals surface area contributed by atoms with Gasteiger partial charge in [-0.15, -0.1) is 11.3 Å². The van der Waals surface area contributed by atoms with Gasteiger partial charge >= 0.3 is 5.97 Å². The molecule has 19 heavy (non-hydrogen) atoms. The Kier molecular flexibility index (Phi) is 4.95. The Hall–Kier alpha value is -0.920. The smallest absolute Gasteiger partial charge is 0.304 e. The standard InChI is InChI=1S/C12H15BrN2O3S/c13-10-7-9(8-19-10)12(18)15-5-3-14(4-6-15)2-1-11(16)17/h7-8H,1-6H2,(H,16,17). The first-order chi connectivity index (χ1) is 9.06. The van der Waals surface area contributed by atoms with Gasteiger partial charge < -0.3 is 10.0 Å². The summed E-state index contributed by atoms with van der Waals surface area (Å²) < 4.78 is 0.955. The number of rotatable bonds is 4. The molecule has 1 aliphatic heterocycles. The summed E-state index contributed by atoms with van der Waals surface area (Å²) in [5, 5.41) is 10.5. The zero-order valence-electron chi connectivity index (χ0n) is 10.3. The number of amides is 1. The Morgan fingerprint density at radius 2 is 2.00 bits per heavy atom. The average Bonchev–Trinajstić information content (AvgIpc) is 2.83. The summed E-state index contributed by atoms with van der Waals surface area (Å²) in [7, 11) is 0. The molecule has 1 aromatic rings. The Labute approximate surface area is 123 Å². The molecule has 5 nitrogen and oxygen atoms in total. The quantitative estimate of drug-likeness (QED) is 0.901. The molecule has 0 unspecified atom stereocenters. The van der Waals surface area contributed by atoms with Crippen LogP contribution in [0.2, 0.25) is 0 Å². The van der Waals surface area contributed by atoms with E-state index in [1.807, 2.05) is 16.3 Å². The van der Waals surface area contributed by atoms with Crippen LogP contribution in [0, 0.1) is 0 Å². The van der Waals surface area contributed by atoms with Crippen molar-refractivity contribution in [1.29, 1.82) is 0 Å². The Balaban J connectivity index is 1.83. The van der Waals surface area contributed by atoms with Gasteiger partial charge in [0.1, 0.15) is 0 Å². The zero-order chi connectivity index (χ0) is 13.8. The van der Waals surface area contributed by atoms with Crippen LogP contribution in [-0.2, 0) is 4.79 Å². The molecule has 0 radical (unpaired) electrons. The molecule has 2 heterocycles. The Bertz CT molecular complexity index is 469. The lowest BCUT2D eigenvalue weighted by Crippen LogP contribution is -2.49. The van der Waals surface area contributed by atoms with Crippen molar-refractivity contribution in [1.82, 2.24) is 9.80 Å². The minimum absolute atomic E-state index is 0.0554. The summed E-state index contributed by atoms with van der Waals surface area (Å²) in [4.78, 5) is 26.6. The Morgan fingerprint density at radius 3 is 2.53 bits per heavy atom. The van der Waals surface area contributed by atoms with Crippen LogP contribution < -0.4 is 0 Å². The molecule has 0 saturated carbocycles. The molecule has 1 aromatic heterocycles. The van der Waals surface area contributed by atoms with E-state index in [1.54, 1.807) is 0 Å². The van der Waals surface area contributed by atoms with Crippen LogP contribution in [0.1, 0.15) is 16.8 Å². The molecule has 1 N–H and O–H groups in total. The lowest BCUT2D eigenvalue weighted by Gasteiger charge is -2.34. The molecular weight excluding hydrogens is 332 g/mol. The highest BCUT2D eigenvalue weighted by Crippen LogP contribution is 2.22. The molecule has 0 atom stereocenters. The predicted octanol–water partition coefficient (Wildman–Crippen LogP) is 1.74. The zero-order valence-corrected chi connectivity index (χ0v) is 12.7. The minimum atomic E-state index is -0.776. The van der Waals surface area contributed by atoms with E-state index in [1.165, 1.54) is 11.3 Å². The van der Waals surface area contributed by atoms with Crippen molar-refractivity contribution in [2.24, 2.45) is 0 Å². The van der Waals surface area contributed by atoms with Crippen molar-refractivity contribution in [3.63, 3.8) is 0 Å². The first-order valence-corrected chi connectivity index (χ1v) is 7.71. The van der Waals surface area contributed by atoms with Crippen molar-refractivity contribution < 1.29 is 14.7 Å². The van der Waals surface area contributed by atoms with E-state index in [2.05, 4.69) is 20.8 Å². The number of aliphatic carboxylic acids is 1. The molecule has 1 amide bonds. The maximum atomic E-state index is 12.2. The van der Waals surface area contributed by atoms with Crippen LogP contribution in [0.4, 0.5) is 0 Å². The van der Waals surface area contributed by atoms with Crippen LogP contribution in [-0.4, -0.2) is 59.5 Å². The number of carbonyl (C=O) groups is 2. The van der Waals surface area contributed by atoms with Gasteiger partial charge in [0, 0.05) is 38.1 Å². The van der Waals surface area contributed by atoms with Crippen LogP contribution in [0.15, 0.2) is 15.2 Å². The maximum absolute atomic E-state index is 12.2. The highest BCUT2D eigenvalue weighted by molar-refractivity contribution is 9.11. The lowest BCUT2D eigenvalue weighted by molar-refractivity contribution is -0.137. The highest BCUT2D eigenvalue weighted by Gasteiger charge is 2.22. The highest BCUT2D eigenvalue weighted by atomic mass is 79.9. The number of nitrogens with zero attached hydrogens (tertiary/aromatic N) is 2. The van der Waals surface area contributed by atoms with Crippen molar-refractivity contribution in [3.05, 3.63) is 20.8 Å². The normalized spacial score (nSPS) is 16.6. The van der Waals surface area contributed by atoms with Crippen LogP contribution in [0.3, 0.4) is 0 Å². The number of hydrogen-bond acceptors (Lipinski definition) is 4. The topological polar surface area (TPSA) is 60.9 Å². The molecule has 7 heteroatoms. The van der Waals surface area contributed by atoms with Gasteiger partial charge in [0.05, 0.1) is 15.8 Å². The van der Waals surface area contributed by atoms with Crippen molar-refractivity contribution in [2.45, 2.75) is 6.42 Å². The monoisotopic (exact) mass is 346 g/mol. The third kappa shape index (κ3) is 4.02. The minimum Gasteiger partial charge on any atom is -0.481 e. The fourth-order valence-electron chi connectivity index (χ4n) is 2.03. The molecule has 104 valence electrons. The predicted molar refractivity (Wildman–Crippen MR) is 76.6 cm³/mol. The van der Waals surface area contributed by atoms with E-state index in [9.17, 15) is 9.59 Å². The van der Waals surface area contributed by atoms with Crippen molar-refractivity contribution >= 4 is 39.1 Å². The lowest BCUT2D eigenvalue weighted by atomic mass is 10.2. The van der Waals surface area contributed by atoms with E-state index in [4.69, 9.17) is 5.11 Å². The van der Waals surface area contributed by atoms with Crippen LogP contribution in [0.5, 0.6) is 0 Å². The van der Waals surface area contributed by atoms with E-state index in [-0.39, 0.29) is 12.3 Å². The second-order valence-corrected chi connectivity index (χ2v) is 6.71. The number of carboxylic acids is 1.